The van der Waals surface area contributed by atoms with Gasteiger partial charge in [0.25, 0.3) is 0 Å². The van der Waals surface area contributed by atoms with Crippen LogP contribution in [0.15, 0.2) is 24.4 Å². The standard InChI is InChI=1S/C15H16Cl2N4/c16-10-4-5-11(13(17)8-10)12-9-19-15(18)20-14(12)21-6-2-1-3-7-21/h4-5,8-9H,1-3,6-7H2,(H2,18,19,20). The molecule has 1 aromatic heterocycles. The highest BCUT2D eigenvalue weighted by molar-refractivity contribution is 6.36. The molecule has 4 nitrogen and oxygen atoms in total. The van der Waals surface area contributed by atoms with Crippen molar-refractivity contribution < 1.29 is 0 Å². The summed E-state index contributed by atoms with van der Waals surface area (Å²) in [5.74, 6) is 1.14. The van der Waals surface area contributed by atoms with Crippen molar-refractivity contribution in [3.8, 4) is 11.1 Å². The molecule has 3 rings (SSSR count). The van der Waals surface area contributed by atoms with Crippen molar-refractivity contribution in [1.29, 1.82) is 0 Å². The minimum Gasteiger partial charge on any atom is -0.368 e. The molecule has 2 aromatic rings. The molecular formula is C15H16Cl2N4. The van der Waals surface area contributed by atoms with Crippen molar-refractivity contribution >= 4 is 35.0 Å². The van der Waals surface area contributed by atoms with E-state index in [4.69, 9.17) is 28.9 Å². The van der Waals surface area contributed by atoms with Gasteiger partial charge >= 0.3 is 0 Å². The number of benzene rings is 1. The minimum absolute atomic E-state index is 0.282. The van der Waals surface area contributed by atoms with Gasteiger partial charge in [0.05, 0.1) is 5.02 Å². The van der Waals surface area contributed by atoms with E-state index in [0.29, 0.717) is 10.0 Å². The lowest BCUT2D eigenvalue weighted by atomic mass is 10.1. The maximum absolute atomic E-state index is 6.32. The highest BCUT2D eigenvalue weighted by atomic mass is 35.5. The first kappa shape index (κ1) is 14.4. The number of nitrogen functional groups attached to an aromatic ring is 1. The molecule has 0 atom stereocenters. The van der Waals surface area contributed by atoms with Crippen molar-refractivity contribution in [3.63, 3.8) is 0 Å². The molecule has 1 aliphatic heterocycles. The molecule has 1 fully saturated rings. The molecule has 0 unspecified atom stereocenters. The van der Waals surface area contributed by atoms with Crippen LogP contribution in [0.1, 0.15) is 19.3 Å². The van der Waals surface area contributed by atoms with E-state index in [0.717, 1.165) is 42.9 Å². The van der Waals surface area contributed by atoms with Crippen LogP contribution in [0.4, 0.5) is 11.8 Å². The number of hydrogen-bond acceptors (Lipinski definition) is 4. The summed E-state index contributed by atoms with van der Waals surface area (Å²) in [6, 6.07) is 5.45. The third-order valence-corrected chi connectivity index (χ3v) is 4.21. The Balaban J connectivity index is 2.08. The molecular weight excluding hydrogens is 307 g/mol. The van der Waals surface area contributed by atoms with Crippen LogP contribution in [0.25, 0.3) is 11.1 Å². The van der Waals surface area contributed by atoms with Crippen molar-refractivity contribution in [2.75, 3.05) is 23.7 Å². The lowest BCUT2D eigenvalue weighted by Gasteiger charge is -2.29. The van der Waals surface area contributed by atoms with Gasteiger partial charge in [-0.15, -0.1) is 0 Å². The average molecular weight is 323 g/mol. The molecule has 0 aliphatic carbocycles. The first-order chi connectivity index (χ1) is 10.1. The first-order valence-corrected chi connectivity index (χ1v) is 7.73. The van der Waals surface area contributed by atoms with Gasteiger partial charge in [-0.3, -0.25) is 0 Å². The van der Waals surface area contributed by atoms with E-state index in [2.05, 4.69) is 14.9 Å². The lowest BCUT2D eigenvalue weighted by molar-refractivity contribution is 0.574. The number of nitrogens with zero attached hydrogens (tertiary/aromatic N) is 3. The van der Waals surface area contributed by atoms with Gasteiger partial charge < -0.3 is 10.6 Å². The van der Waals surface area contributed by atoms with Crippen LogP contribution in [0.5, 0.6) is 0 Å². The van der Waals surface area contributed by atoms with E-state index in [1.807, 2.05) is 12.1 Å². The quantitative estimate of drug-likeness (QED) is 0.907. The number of aromatic nitrogens is 2. The number of anilines is 2. The molecule has 0 bridgehead atoms. The molecule has 21 heavy (non-hydrogen) atoms. The van der Waals surface area contributed by atoms with Crippen molar-refractivity contribution in [2.45, 2.75) is 19.3 Å². The Kier molecular flexibility index (Phi) is 4.17. The van der Waals surface area contributed by atoms with Gasteiger partial charge in [-0.05, 0) is 31.4 Å². The Labute approximate surface area is 133 Å². The Morgan fingerprint density at radius 1 is 1.05 bits per heavy atom. The van der Waals surface area contributed by atoms with Gasteiger partial charge in [-0.25, -0.2) is 4.98 Å². The van der Waals surface area contributed by atoms with Gasteiger partial charge in [0.1, 0.15) is 5.82 Å². The number of halogens is 2. The number of rotatable bonds is 2. The van der Waals surface area contributed by atoms with Crippen LogP contribution in [0.2, 0.25) is 10.0 Å². The van der Waals surface area contributed by atoms with E-state index in [1.54, 1.807) is 12.3 Å². The van der Waals surface area contributed by atoms with Gasteiger partial charge in [0.2, 0.25) is 5.95 Å². The fraction of sp³-hybridized carbons (Fsp3) is 0.333. The van der Waals surface area contributed by atoms with Crippen LogP contribution >= 0.6 is 23.2 Å². The zero-order valence-corrected chi connectivity index (χ0v) is 13.0. The fourth-order valence-corrected chi connectivity index (χ4v) is 3.14. The van der Waals surface area contributed by atoms with E-state index in [9.17, 15) is 0 Å². The summed E-state index contributed by atoms with van der Waals surface area (Å²) in [4.78, 5) is 10.8. The summed E-state index contributed by atoms with van der Waals surface area (Å²) in [7, 11) is 0. The topological polar surface area (TPSA) is 55.0 Å². The van der Waals surface area contributed by atoms with E-state index in [1.165, 1.54) is 6.42 Å². The molecule has 2 N–H and O–H groups in total. The van der Waals surface area contributed by atoms with Crippen LogP contribution in [0, 0.1) is 0 Å². The second kappa shape index (κ2) is 6.08. The number of hydrogen-bond donors (Lipinski definition) is 1. The molecule has 1 aliphatic rings. The SMILES string of the molecule is Nc1ncc(-c2ccc(Cl)cc2Cl)c(N2CCCCC2)n1. The molecule has 0 saturated carbocycles. The highest BCUT2D eigenvalue weighted by Crippen LogP contribution is 2.36. The summed E-state index contributed by atoms with van der Waals surface area (Å²) in [5, 5.41) is 1.20. The zero-order chi connectivity index (χ0) is 14.8. The predicted molar refractivity (Wildman–Crippen MR) is 88.0 cm³/mol. The summed E-state index contributed by atoms with van der Waals surface area (Å²) in [6.07, 6.45) is 5.32. The Bertz CT molecular complexity index is 654. The summed E-state index contributed by atoms with van der Waals surface area (Å²) < 4.78 is 0. The maximum Gasteiger partial charge on any atom is 0.221 e. The lowest BCUT2D eigenvalue weighted by Crippen LogP contribution is -2.31. The molecule has 1 saturated heterocycles. The Morgan fingerprint density at radius 3 is 2.52 bits per heavy atom. The van der Waals surface area contributed by atoms with Crippen LogP contribution in [-0.4, -0.2) is 23.1 Å². The minimum atomic E-state index is 0.282. The van der Waals surface area contributed by atoms with Gasteiger partial charge in [-0.2, -0.15) is 4.98 Å². The molecule has 0 spiro atoms. The highest BCUT2D eigenvalue weighted by Gasteiger charge is 2.19. The van der Waals surface area contributed by atoms with Gasteiger partial charge in [-0.1, -0.05) is 29.3 Å². The van der Waals surface area contributed by atoms with Crippen molar-refractivity contribution in [3.05, 3.63) is 34.4 Å². The third kappa shape index (κ3) is 3.06. The molecule has 0 radical (unpaired) electrons. The number of piperidine rings is 1. The predicted octanol–water partition coefficient (Wildman–Crippen LogP) is 4.02. The van der Waals surface area contributed by atoms with E-state index >= 15 is 0 Å². The van der Waals surface area contributed by atoms with E-state index < -0.39 is 0 Å². The van der Waals surface area contributed by atoms with Gasteiger partial charge in [0.15, 0.2) is 0 Å². The van der Waals surface area contributed by atoms with Crippen LogP contribution in [0.3, 0.4) is 0 Å². The normalized spacial score (nSPS) is 15.2. The monoisotopic (exact) mass is 322 g/mol. The summed E-state index contributed by atoms with van der Waals surface area (Å²) >= 11 is 12.3. The zero-order valence-electron chi connectivity index (χ0n) is 11.5. The molecule has 0 amide bonds. The van der Waals surface area contributed by atoms with E-state index in [-0.39, 0.29) is 5.95 Å². The molecule has 6 heteroatoms. The molecule has 1 aromatic carbocycles. The number of nitrogens with two attached hydrogens (primary N) is 1. The largest absolute Gasteiger partial charge is 0.368 e. The van der Waals surface area contributed by atoms with Crippen LogP contribution < -0.4 is 10.6 Å². The Morgan fingerprint density at radius 2 is 1.81 bits per heavy atom. The summed E-state index contributed by atoms with van der Waals surface area (Å²) in [6.45, 7) is 1.96. The Hall–Kier alpha value is -1.52. The fourth-order valence-electron chi connectivity index (χ4n) is 2.63. The average Bonchev–Trinajstić information content (AvgIpc) is 2.49. The van der Waals surface area contributed by atoms with Crippen molar-refractivity contribution in [2.24, 2.45) is 0 Å². The first-order valence-electron chi connectivity index (χ1n) is 6.98. The maximum atomic E-state index is 6.32. The van der Waals surface area contributed by atoms with Crippen LogP contribution in [-0.2, 0) is 0 Å². The van der Waals surface area contributed by atoms with Crippen molar-refractivity contribution in [1.82, 2.24) is 9.97 Å². The third-order valence-electron chi connectivity index (χ3n) is 3.66. The second-order valence-corrected chi connectivity index (χ2v) is 5.98. The second-order valence-electron chi connectivity index (χ2n) is 5.14. The van der Waals surface area contributed by atoms with Gasteiger partial charge in [0, 0.05) is 35.4 Å². The molecule has 110 valence electrons. The smallest absolute Gasteiger partial charge is 0.221 e. The summed E-state index contributed by atoms with van der Waals surface area (Å²) in [5.41, 5.74) is 7.54. The molecule has 2 heterocycles.